The van der Waals surface area contributed by atoms with Crippen molar-refractivity contribution in [3.63, 3.8) is 0 Å². The largest absolute Gasteiger partial charge is 0.396 e. The molecule has 1 heteroatoms. The van der Waals surface area contributed by atoms with Gasteiger partial charge in [0.2, 0.25) is 0 Å². The van der Waals surface area contributed by atoms with E-state index in [-0.39, 0.29) is 0 Å². The van der Waals surface area contributed by atoms with Crippen molar-refractivity contribution >= 4 is 0 Å². The fourth-order valence-electron chi connectivity index (χ4n) is 3.06. The van der Waals surface area contributed by atoms with Crippen LogP contribution in [0.5, 0.6) is 0 Å². The standard InChI is InChI=1S/C10H18O/c11-8-9-3-6-10(7-9)4-1-2-5-10/h9,11H,1-8H2. The van der Waals surface area contributed by atoms with Crippen molar-refractivity contribution in [1.29, 1.82) is 0 Å². The summed E-state index contributed by atoms with van der Waals surface area (Å²) in [5.41, 5.74) is 0.702. The number of aliphatic hydroxyl groups is 1. The van der Waals surface area contributed by atoms with E-state index in [0.717, 1.165) is 0 Å². The van der Waals surface area contributed by atoms with Gasteiger partial charge >= 0.3 is 0 Å². The molecule has 1 spiro atoms. The molecule has 1 unspecified atom stereocenters. The predicted octanol–water partition coefficient (Wildman–Crippen LogP) is 2.34. The second-order valence-electron chi connectivity index (χ2n) is 4.50. The summed E-state index contributed by atoms with van der Waals surface area (Å²) in [6, 6.07) is 0. The molecule has 0 aromatic rings. The van der Waals surface area contributed by atoms with Crippen LogP contribution in [-0.4, -0.2) is 11.7 Å². The van der Waals surface area contributed by atoms with Crippen molar-refractivity contribution in [3.05, 3.63) is 0 Å². The van der Waals surface area contributed by atoms with Gasteiger partial charge in [-0.25, -0.2) is 0 Å². The van der Waals surface area contributed by atoms with Gasteiger partial charge in [-0.15, -0.1) is 0 Å². The summed E-state index contributed by atoms with van der Waals surface area (Å²) in [6.45, 7) is 0.432. The molecule has 0 aliphatic heterocycles. The lowest BCUT2D eigenvalue weighted by Crippen LogP contribution is -2.12. The lowest BCUT2D eigenvalue weighted by Gasteiger charge is -2.22. The summed E-state index contributed by atoms with van der Waals surface area (Å²) in [6.07, 6.45) is 9.79. The van der Waals surface area contributed by atoms with Gasteiger partial charge in [0.25, 0.3) is 0 Å². The minimum atomic E-state index is 0.432. The van der Waals surface area contributed by atoms with E-state index < -0.39 is 0 Å². The van der Waals surface area contributed by atoms with Crippen molar-refractivity contribution in [2.45, 2.75) is 44.9 Å². The molecule has 11 heavy (non-hydrogen) atoms. The second-order valence-corrected chi connectivity index (χ2v) is 4.50. The van der Waals surface area contributed by atoms with Crippen molar-refractivity contribution in [2.75, 3.05) is 6.61 Å². The van der Waals surface area contributed by atoms with Crippen LogP contribution in [0.3, 0.4) is 0 Å². The van der Waals surface area contributed by atoms with E-state index >= 15 is 0 Å². The Morgan fingerprint density at radius 3 is 2.45 bits per heavy atom. The maximum absolute atomic E-state index is 9.01. The van der Waals surface area contributed by atoms with Gasteiger partial charge in [0.15, 0.2) is 0 Å². The lowest BCUT2D eigenvalue weighted by molar-refractivity contribution is 0.209. The first-order chi connectivity index (χ1) is 5.35. The van der Waals surface area contributed by atoms with Crippen LogP contribution in [0.2, 0.25) is 0 Å². The van der Waals surface area contributed by atoms with Crippen LogP contribution in [0, 0.1) is 11.3 Å². The van der Waals surface area contributed by atoms with Crippen LogP contribution >= 0.6 is 0 Å². The Bertz CT molecular complexity index is 136. The topological polar surface area (TPSA) is 20.2 Å². The van der Waals surface area contributed by atoms with Crippen LogP contribution in [0.15, 0.2) is 0 Å². The minimum Gasteiger partial charge on any atom is -0.396 e. The molecule has 64 valence electrons. The highest BCUT2D eigenvalue weighted by Crippen LogP contribution is 2.52. The summed E-state index contributed by atoms with van der Waals surface area (Å²) in [7, 11) is 0. The summed E-state index contributed by atoms with van der Waals surface area (Å²) >= 11 is 0. The highest BCUT2D eigenvalue weighted by molar-refractivity contribution is 4.91. The summed E-state index contributed by atoms with van der Waals surface area (Å²) < 4.78 is 0. The van der Waals surface area contributed by atoms with Gasteiger partial charge < -0.3 is 5.11 Å². The first-order valence-corrected chi connectivity index (χ1v) is 4.96. The zero-order valence-corrected chi connectivity index (χ0v) is 7.18. The van der Waals surface area contributed by atoms with Gasteiger partial charge in [-0.3, -0.25) is 0 Å². The molecule has 1 nitrogen and oxygen atoms in total. The molecule has 1 N–H and O–H groups in total. The molecule has 2 aliphatic carbocycles. The van der Waals surface area contributed by atoms with E-state index in [1.165, 1.54) is 44.9 Å². The normalized spacial score (nSPS) is 35.2. The van der Waals surface area contributed by atoms with Gasteiger partial charge in [0.1, 0.15) is 0 Å². The lowest BCUT2D eigenvalue weighted by atomic mass is 9.84. The molecule has 2 aliphatic rings. The van der Waals surface area contributed by atoms with E-state index in [9.17, 15) is 0 Å². The smallest absolute Gasteiger partial charge is 0.0459 e. The van der Waals surface area contributed by atoms with Gasteiger partial charge in [0, 0.05) is 6.61 Å². The molecule has 0 amide bonds. The Morgan fingerprint density at radius 2 is 1.91 bits per heavy atom. The van der Waals surface area contributed by atoms with Crippen LogP contribution in [0.4, 0.5) is 0 Å². The van der Waals surface area contributed by atoms with Gasteiger partial charge in [-0.05, 0) is 43.4 Å². The monoisotopic (exact) mass is 154 g/mol. The van der Waals surface area contributed by atoms with Crippen LogP contribution in [-0.2, 0) is 0 Å². The van der Waals surface area contributed by atoms with Crippen molar-refractivity contribution in [3.8, 4) is 0 Å². The number of aliphatic hydroxyl groups excluding tert-OH is 1. The maximum Gasteiger partial charge on any atom is 0.0459 e. The predicted molar refractivity (Wildman–Crippen MR) is 45.3 cm³/mol. The Morgan fingerprint density at radius 1 is 1.18 bits per heavy atom. The van der Waals surface area contributed by atoms with E-state index in [1.54, 1.807) is 0 Å². The molecule has 2 fully saturated rings. The quantitative estimate of drug-likeness (QED) is 0.614. The van der Waals surface area contributed by atoms with Gasteiger partial charge in [-0.1, -0.05) is 12.8 Å². The summed E-state index contributed by atoms with van der Waals surface area (Å²) in [5, 5.41) is 9.01. The zero-order valence-electron chi connectivity index (χ0n) is 7.18. The molecule has 0 aromatic heterocycles. The number of hydrogen-bond acceptors (Lipinski definition) is 1. The van der Waals surface area contributed by atoms with E-state index in [0.29, 0.717) is 17.9 Å². The Labute approximate surface area is 68.8 Å². The van der Waals surface area contributed by atoms with Crippen molar-refractivity contribution in [1.82, 2.24) is 0 Å². The molecule has 0 bridgehead atoms. The van der Waals surface area contributed by atoms with E-state index in [1.807, 2.05) is 0 Å². The number of rotatable bonds is 1. The van der Waals surface area contributed by atoms with Crippen molar-refractivity contribution < 1.29 is 5.11 Å². The summed E-state index contributed by atoms with van der Waals surface area (Å²) in [5.74, 6) is 0.646. The average Bonchev–Trinajstić information content (AvgIpc) is 2.62. The minimum absolute atomic E-state index is 0.432. The SMILES string of the molecule is OCC1CCC2(CCCC2)C1. The molecule has 1 atom stereocenters. The molecule has 0 saturated heterocycles. The number of hydrogen-bond donors (Lipinski definition) is 1. The molecule has 2 rings (SSSR count). The molecule has 0 heterocycles. The Hall–Kier alpha value is -0.0400. The summed E-state index contributed by atoms with van der Waals surface area (Å²) in [4.78, 5) is 0. The first kappa shape index (κ1) is 7.60. The van der Waals surface area contributed by atoms with Gasteiger partial charge in [-0.2, -0.15) is 0 Å². The van der Waals surface area contributed by atoms with Crippen LogP contribution in [0.25, 0.3) is 0 Å². The molecule has 0 aromatic carbocycles. The fraction of sp³-hybridized carbons (Fsp3) is 1.00. The third-order valence-corrected chi connectivity index (χ3v) is 3.73. The average molecular weight is 154 g/mol. The molecular weight excluding hydrogens is 136 g/mol. The highest BCUT2D eigenvalue weighted by Gasteiger charge is 2.40. The Kier molecular flexibility index (Phi) is 1.92. The fourth-order valence-corrected chi connectivity index (χ4v) is 3.06. The Balaban J connectivity index is 1.96. The van der Waals surface area contributed by atoms with Crippen LogP contribution < -0.4 is 0 Å². The third kappa shape index (κ3) is 1.31. The third-order valence-electron chi connectivity index (χ3n) is 3.73. The molecule has 2 saturated carbocycles. The van der Waals surface area contributed by atoms with Crippen LogP contribution in [0.1, 0.15) is 44.9 Å². The molecule has 0 radical (unpaired) electrons. The first-order valence-electron chi connectivity index (χ1n) is 4.96. The van der Waals surface area contributed by atoms with E-state index in [2.05, 4.69) is 0 Å². The molecular formula is C10H18O. The van der Waals surface area contributed by atoms with Gasteiger partial charge in [0.05, 0.1) is 0 Å². The highest BCUT2D eigenvalue weighted by atomic mass is 16.3. The maximum atomic E-state index is 9.01. The van der Waals surface area contributed by atoms with E-state index in [4.69, 9.17) is 5.11 Å². The second kappa shape index (κ2) is 2.78. The zero-order chi connectivity index (χ0) is 7.73. The van der Waals surface area contributed by atoms with Crippen molar-refractivity contribution in [2.24, 2.45) is 11.3 Å².